The first-order chi connectivity index (χ1) is 9.15. The van der Waals surface area contributed by atoms with Crippen LogP contribution in [0.4, 0.5) is 11.9 Å². The molecular formula is C12H23N5OS. The number of thioether (sulfide) groups is 1. The van der Waals surface area contributed by atoms with E-state index in [4.69, 9.17) is 4.74 Å². The molecule has 1 aromatic heterocycles. The number of nitrogens with one attached hydrogen (secondary N) is 2. The molecule has 0 atom stereocenters. The molecule has 108 valence electrons. The first-order valence-corrected chi connectivity index (χ1v) is 7.94. The molecule has 0 fully saturated rings. The van der Waals surface area contributed by atoms with Crippen molar-refractivity contribution in [2.45, 2.75) is 33.3 Å². The monoisotopic (exact) mass is 285 g/mol. The fraction of sp³-hybridized carbons (Fsp3) is 0.750. The highest BCUT2D eigenvalue weighted by Gasteiger charge is 2.08. The third-order valence-corrected chi connectivity index (χ3v) is 2.80. The second-order valence-corrected chi connectivity index (χ2v) is 5.22. The fourth-order valence-electron chi connectivity index (χ4n) is 1.35. The number of nitrogens with zero attached hydrogens (tertiary/aromatic N) is 3. The molecule has 0 bridgehead atoms. The van der Waals surface area contributed by atoms with Crippen LogP contribution in [0, 0.1) is 0 Å². The van der Waals surface area contributed by atoms with Crippen LogP contribution in [-0.2, 0) is 0 Å². The van der Waals surface area contributed by atoms with Gasteiger partial charge in [-0.1, -0.05) is 0 Å². The standard InChI is InChI=1S/C12H23N5OS/c1-5-13-10-15-11(14-7-6-8-19-4)17-12(16-10)18-9(2)3/h9H,5-8H2,1-4H3,(H2,13,14,15,16,17). The van der Waals surface area contributed by atoms with Crippen molar-refractivity contribution in [3.63, 3.8) is 0 Å². The molecule has 1 heterocycles. The summed E-state index contributed by atoms with van der Waals surface area (Å²) >= 11 is 1.83. The largest absolute Gasteiger partial charge is 0.461 e. The summed E-state index contributed by atoms with van der Waals surface area (Å²) in [6, 6.07) is 0.355. The van der Waals surface area contributed by atoms with Crippen LogP contribution < -0.4 is 15.4 Å². The molecule has 0 saturated carbocycles. The molecule has 2 N–H and O–H groups in total. The van der Waals surface area contributed by atoms with Gasteiger partial charge in [-0.3, -0.25) is 0 Å². The summed E-state index contributed by atoms with van der Waals surface area (Å²) in [5.74, 6) is 2.22. The van der Waals surface area contributed by atoms with Gasteiger partial charge >= 0.3 is 6.01 Å². The van der Waals surface area contributed by atoms with E-state index in [2.05, 4.69) is 31.8 Å². The summed E-state index contributed by atoms with van der Waals surface area (Å²) in [6.07, 6.45) is 3.21. The van der Waals surface area contributed by atoms with E-state index < -0.39 is 0 Å². The Morgan fingerprint density at radius 3 is 2.42 bits per heavy atom. The first kappa shape index (κ1) is 15.8. The van der Waals surface area contributed by atoms with Crippen molar-refractivity contribution in [1.29, 1.82) is 0 Å². The third-order valence-electron chi connectivity index (χ3n) is 2.10. The minimum Gasteiger partial charge on any atom is -0.461 e. The molecule has 0 radical (unpaired) electrons. The van der Waals surface area contributed by atoms with Crippen LogP contribution in [0.2, 0.25) is 0 Å². The lowest BCUT2D eigenvalue weighted by Crippen LogP contribution is -2.14. The van der Waals surface area contributed by atoms with Gasteiger partial charge in [0.05, 0.1) is 6.10 Å². The summed E-state index contributed by atoms with van der Waals surface area (Å²) in [6.45, 7) is 7.50. The van der Waals surface area contributed by atoms with Crippen molar-refractivity contribution in [3.8, 4) is 6.01 Å². The van der Waals surface area contributed by atoms with Crippen LogP contribution in [-0.4, -0.2) is 46.2 Å². The Morgan fingerprint density at radius 2 is 1.84 bits per heavy atom. The third kappa shape index (κ3) is 6.47. The molecule has 0 aliphatic rings. The SMILES string of the molecule is CCNc1nc(NCCCSC)nc(OC(C)C)n1. The smallest absolute Gasteiger partial charge is 0.323 e. The topological polar surface area (TPSA) is 72.0 Å². The lowest BCUT2D eigenvalue weighted by molar-refractivity contribution is 0.222. The maximum absolute atomic E-state index is 5.52. The van der Waals surface area contributed by atoms with Crippen LogP contribution in [0.3, 0.4) is 0 Å². The van der Waals surface area contributed by atoms with E-state index in [-0.39, 0.29) is 6.10 Å². The quantitative estimate of drug-likeness (QED) is 0.674. The molecule has 0 aliphatic heterocycles. The minimum atomic E-state index is 0.0428. The molecule has 0 aromatic carbocycles. The zero-order chi connectivity index (χ0) is 14.1. The molecule has 0 spiro atoms. The van der Waals surface area contributed by atoms with Crippen LogP contribution in [0.25, 0.3) is 0 Å². The lowest BCUT2D eigenvalue weighted by atomic mass is 10.5. The number of hydrogen-bond donors (Lipinski definition) is 2. The van der Waals surface area contributed by atoms with Crippen molar-refractivity contribution in [2.75, 3.05) is 35.7 Å². The molecule has 6 nitrogen and oxygen atoms in total. The van der Waals surface area contributed by atoms with E-state index >= 15 is 0 Å². The van der Waals surface area contributed by atoms with Crippen LogP contribution >= 0.6 is 11.8 Å². The van der Waals surface area contributed by atoms with Crippen molar-refractivity contribution in [1.82, 2.24) is 15.0 Å². The van der Waals surface area contributed by atoms with Gasteiger partial charge < -0.3 is 15.4 Å². The van der Waals surface area contributed by atoms with Crippen LogP contribution in [0.15, 0.2) is 0 Å². The summed E-state index contributed by atoms with van der Waals surface area (Å²) in [5.41, 5.74) is 0. The Morgan fingerprint density at radius 1 is 1.16 bits per heavy atom. The second kappa shape index (κ2) is 8.79. The highest BCUT2D eigenvalue weighted by molar-refractivity contribution is 7.98. The van der Waals surface area contributed by atoms with E-state index in [1.54, 1.807) is 0 Å². The predicted molar refractivity (Wildman–Crippen MR) is 81.2 cm³/mol. The fourth-order valence-corrected chi connectivity index (χ4v) is 1.79. The van der Waals surface area contributed by atoms with Crippen molar-refractivity contribution < 1.29 is 4.74 Å². The van der Waals surface area contributed by atoms with Gasteiger partial charge in [0, 0.05) is 13.1 Å². The van der Waals surface area contributed by atoms with Crippen LogP contribution in [0.5, 0.6) is 6.01 Å². The molecule has 0 aliphatic carbocycles. The van der Waals surface area contributed by atoms with Gasteiger partial charge in [0.25, 0.3) is 0 Å². The van der Waals surface area contributed by atoms with Gasteiger partial charge in [-0.25, -0.2) is 0 Å². The molecular weight excluding hydrogens is 262 g/mol. The number of ether oxygens (including phenoxy) is 1. The zero-order valence-electron chi connectivity index (χ0n) is 12.1. The Bertz CT molecular complexity index is 375. The van der Waals surface area contributed by atoms with E-state index in [0.717, 1.165) is 25.3 Å². The maximum Gasteiger partial charge on any atom is 0.323 e. The zero-order valence-corrected chi connectivity index (χ0v) is 12.9. The van der Waals surface area contributed by atoms with Crippen molar-refractivity contribution in [2.24, 2.45) is 0 Å². The van der Waals surface area contributed by atoms with Crippen molar-refractivity contribution in [3.05, 3.63) is 0 Å². The van der Waals surface area contributed by atoms with E-state index in [1.165, 1.54) is 0 Å². The maximum atomic E-state index is 5.52. The van der Waals surface area contributed by atoms with Crippen LogP contribution in [0.1, 0.15) is 27.2 Å². The second-order valence-electron chi connectivity index (χ2n) is 4.24. The van der Waals surface area contributed by atoms with Gasteiger partial charge in [-0.2, -0.15) is 26.7 Å². The molecule has 0 amide bonds. The van der Waals surface area contributed by atoms with Gasteiger partial charge in [0.15, 0.2) is 0 Å². The average molecular weight is 285 g/mol. The van der Waals surface area contributed by atoms with E-state index in [1.807, 2.05) is 32.5 Å². The minimum absolute atomic E-state index is 0.0428. The van der Waals surface area contributed by atoms with Gasteiger partial charge in [0.2, 0.25) is 11.9 Å². The van der Waals surface area contributed by atoms with Gasteiger partial charge in [0.1, 0.15) is 0 Å². The summed E-state index contributed by atoms with van der Waals surface area (Å²) in [4.78, 5) is 12.8. The molecule has 1 rings (SSSR count). The highest BCUT2D eigenvalue weighted by atomic mass is 32.2. The number of anilines is 2. The van der Waals surface area contributed by atoms with E-state index in [0.29, 0.717) is 17.9 Å². The van der Waals surface area contributed by atoms with E-state index in [9.17, 15) is 0 Å². The summed E-state index contributed by atoms with van der Waals surface area (Å²) in [5, 5.41) is 6.27. The average Bonchev–Trinajstić information content (AvgIpc) is 2.34. The summed E-state index contributed by atoms with van der Waals surface area (Å²) < 4.78 is 5.52. The lowest BCUT2D eigenvalue weighted by Gasteiger charge is -2.11. The predicted octanol–water partition coefficient (Wildman–Crippen LogP) is 2.26. The van der Waals surface area contributed by atoms with Gasteiger partial charge in [-0.15, -0.1) is 0 Å². The normalized spacial score (nSPS) is 10.6. The Kier molecular flexibility index (Phi) is 7.32. The molecule has 0 saturated heterocycles. The number of aromatic nitrogens is 3. The molecule has 7 heteroatoms. The Labute approximate surface area is 119 Å². The Hall–Kier alpha value is -1.24. The number of rotatable bonds is 9. The molecule has 19 heavy (non-hydrogen) atoms. The number of hydrogen-bond acceptors (Lipinski definition) is 7. The summed E-state index contributed by atoms with van der Waals surface area (Å²) in [7, 11) is 0. The molecule has 0 unspecified atom stereocenters. The van der Waals surface area contributed by atoms with Gasteiger partial charge in [-0.05, 0) is 39.2 Å². The van der Waals surface area contributed by atoms with Crippen molar-refractivity contribution >= 4 is 23.7 Å². The first-order valence-electron chi connectivity index (χ1n) is 6.55. The Balaban J connectivity index is 2.68. The highest BCUT2D eigenvalue weighted by Crippen LogP contribution is 2.12. The molecule has 1 aromatic rings.